The van der Waals surface area contributed by atoms with Crippen LogP contribution in [0.1, 0.15) is 79.1 Å². The third kappa shape index (κ3) is 5.97. The van der Waals surface area contributed by atoms with Gasteiger partial charge in [-0.05, 0) is 37.5 Å². The summed E-state index contributed by atoms with van der Waals surface area (Å²) in [6.07, 6.45) is 11.0. The Morgan fingerprint density at radius 2 is 1.79 bits per heavy atom. The van der Waals surface area contributed by atoms with Crippen LogP contribution < -0.4 is 0 Å². The summed E-state index contributed by atoms with van der Waals surface area (Å²) in [7, 11) is 0. The quantitative estimate of drug-likeness (QED) is 0.482. The summed E-state index contributed by atoms with van der Waals surface area (Å²) in [5.41, 5.74) is 0. The first kappa shape index (κ1) is 16.5. The molecule has 2 unspecified atom stereocenters. The van der Waals surface area contributed by atoms with Crippen molar-refractivity contribution >= 4 is 5.97 Å². The number of unbranched alkanes of at least 4 members (excludes halogenated alkanes) is 2. The molecule has 1 aliphatic carbocycles. The molecule has 1 fully saturated rings. The van der Waals surface area contributed by atoms with Crippen LogP contribution in [0.5, 0.6) is 0 Å². The molecule has 2 atom stereocenters. The molecular weight excluding hydrogens is 236 g/mol. The Balaban J connectivity index is 2.26. The van der Waals surface area contributed by atoms with E-state index in [0.29, 0.717) is 5.92 Å². The predicted molar refractivity (Wildman–Crippen MR) is 80.0 cm³/mol. The molecule has 2 nitrogen and oxygen atoms in total. The van der Waals surface area contributed by atoms with Crippen LogP contribution >= 0.6 is 0 Å². The van der Waals surface area contributed by atoms with Crippen molar-refractivity contribution in [1.29, 1.82) is 0 Å². The topological polar surface area (TPSA) is 26.3 Å². The van der Waals surface area contributed by atoms with Crippen molar-refractivity contribution in [3.63, 3.8) is 0 Å². The van der Waals surface area contributed by atoms with Crippen LogP contribution in [0.25, 0.3) is 0 Å². The highest BCUT2D eigenvalue weighted by Crippen LogP contribution is 2.37. The molecule has 112 valence electrons. The average molecular weight is 268 g/mol. The standard InChI is InChI=1S/C17H32O2/c1-5-6-7-8-16-9-11-17(12-10-16)13(2)14(3)19-15(4)18/h13-14,16-17H,5-12H2,1-4H3. The van der Waals surface area contributed by atoms with E-state index < -0.39 is 0 Å². The number of rotatable bonds is 7. The second kappa shape index (κ2) is 8.60. The molecule has 0 spiro atoms. The number of hydrogen-bond donors (Lipinski definition) is 0. The van der Waals surface area contributed by atoms with E-state index in [2.05, 4.69) is 13.8 Å². The molecule has 0 N–H and O–H groups in total. The van der Waals surface area contributed by atoms with Crippen LogP contribution in [-0.4, -0.2) is 12.1 Å². The molecule has 1 aliphatic rings. The minimum Gasteiger partial charge on any atom is -0.463 e. The SMILES string of the molecule is CCCCCC1CCC(C(C)C(C)OC(C)=O)CC1. The number of ether oxygens (including phenoxy) is 1. The maximum Gasteiger partial charge on any atom is 0.302 e. The Hall–Kier alpha value is -0.530. The van der Waals surface area contributed by atoms with E-state index in [1.54, 1.807) is 0 Å². The fourth-order valence-corrected chi connectivity index (χ4v) is 3.44. The van der Waals surface area contributed by atoms with Gasteiger partial charge >= 0.3 is 5.97 Å². The maximum atomic E-state index is 11.0. The molecule has 1 saturated carbocycles. The zero-order valence-electron chi connectivity index (χ0n) is 13.3. The van der Waals surface area contributed by atoms with Gasteiger partial charge in [0.05, 0.1) is 0 Å². The number of carbonyl (C=O) groups is 1. The summed E-state index contributed by atoms with van der Waals surface area (Å²) in [6.45, 7) is 8.07. The highest BCUT2D eigenvalue weighted by molar-refractivity contribution is 5.66. The first-order valence-electron chi connectivity index (χ1n) is 8.21. The molecule has 0 saturated heterocycles. The van der Waals surface area contributed by atoms with Gasteiger partial charge in [0, 0.05) is 6.92 Å². The lowest BCUT2D eigenvalue weighted by molar-refractivity contribution is -0.149. The van der Waals surface area contributed by atoms with E-state index in [9.17, 15) is 4.79 Å². The molecule has 0 amide bonds. The van der Waals surface area contributed by atoms with Crippen LogP contribution in [0.3, 0.4) is 0 Å². The van der Waals surface area contributed by atoms with E-state index in [0.717, 1.165) is 11.8 Å². The van der Waals surface area contributed by atoms with Gasteiger partial charge < -0.3 is 4.74 Å². The summed E-state index contributed by atoms with van der Waals surface area (Å²) in [4.78, 5) is 11.0. The molecule has 1 rings (SSSR count). The molecule has 2 heteroatoms. The monoisotopic (exact) mass is 268 g/mol. The van der Waals surface area contributed by atoms with Crippen molar-refractivity contribution in [1.82, 2.24) is 0 Å². The van der Waals surface area contributed by atoms with Crippen LogP contribution in [0, 0.1) is 17.8 Å². The summed E-state index contributed by atoms with van der Waals surface area (Å²) in [5, 5.41) is 0. The normalized spacial score (nSPS) is 26.7. The van der Waals surface area contributed by atoms with Crippen LogP contribution in [-0.2, 0) is 9.53 Å². The van der Waals surface area contributed by atoms with Crippen molar-refractivity contribution in [3.8, 4) is 0 Å². The molecule has 0 aromatic carbocycles. The average Bonchev–Trinajstić information content (AvgIpc) is 2.38. The summed E-state index contributed by atoms with van der Waals surface area (Å²) in [5.74, 6) is 2.06. The molecule has 19 heavy (non-hydrogen) atoms. The summed E-state index contributed by atoms with van der Waals surface area (Å²) < 4.78 is 5.33. The molecule has 0 aromatic rings. The lowest BCUT2D eigenvalue weighted by Crippen LogP contribution is -2.30. The molecule has 0 aliphatic heterocycles. The Labute approximate surface area is 119 Å². The van der Waals surface area contributed by atoms with Gasteiger partial charge in [0.2, 0.25) is 0 Å². The first-order valence-corrected chi connectivity index (χ1v) is 8.21. The van der Waals surface area contributed by atoms with Gasteiger partial charge in [-0.15, -0.1) is 0 Å². The first-order chi connectivity index (χ1) is 9.04. The van der Waals surface area contributed by atoms with Gasteiger partial charge in [0.1, 0.15) is 6.10 Å². The highest BCUT2D eigenvalue weighted by atomic mass is 16.5. The van der Waals surface area contributed by atoms with Crippen LogP contribution in [0.15, 0.2) is 0 Å². The minimum absolute atomic E-state index is 0.0686. The van der Waals surface area contributed by atoms with E-state index in [-0.39, 0.29) is 12.1 Å². The van der Waals surface area contributed by atoms with E-state index in [4.69, 9.17) is 4.74 Å². The van der Waals surface area contributed by atoms with Crippen LogP contribution in [0.2, 0.25) is 0 Å². The fraction of sp³-hybridized carbons (Fsp3) is 0.941. The fourth-order valence-electron chi connectivity index (χ4n) is 3.44. The van der Waals surface area contributed by atoms with Gasteiger partial charge in [0.25, 0.3) is 0 Å². The molecular formula is C17H32O2. The largest absolute Gasteiger partial charge is 0.463 e. The Morgan fingerprint density at radius 1 is 1.16 bits per heavy atom. The smallest absolute Gasteiger partial charge is 0.302 e. The third-order valence-corrected chi connectivity index (χ3v) is 4.94. The van der Waals surface area contributed by atoms with Gasteiger partial charge in [-0.2, -0.15) is 0 Å². The Morgan fingerprint density at radius 3 is 2.32 bits per heavy atom. The van der Waals surface area contributed by atoms with Gasteiger partial charge in [-0.1, -0.05) is 52.4 Å². The number of esters is 1. The third-order valence-electron chi connectivity index (χ3n) is 4.94. The van der Waals surface area contributed by atoms with E-state index >= 15 is 0 Å². The van der Waals surface area contributed by atoms with Gasteiger partial charge in [0.15, 0.2) is 0 Å². The van der Waals surface area contributed by atoms with E-state index in [1.165, 1.54) is 58.3 Å². The molecule has 0 heterocycles. The predicted octanol–water partition coefficient (Wildman–Crippen LogP) is 4.96. The number of hydrogen-bond acceptors (Lipinski definition) is 2. The van der Waals surface area contributed by atoms with Crippen molar-refractivity contribution in [2.45, 2.75) is 85.2 Å². The zero-order valence-corrected chi connectivity index (χ0v) is 13.3. The highest BCUT2D eigenvalue weighted by Gasteiger charge is 2.29. The second-order valence-corrected chi connectivity index (χ2v) is 6.45. The Kier molecular flexibility index (Phi) is 7.48. The zero-order chi connectivity index (χ0) is 14.3. The van der Waals surface area contributed by atoms with Crippen molar-refractivity contribution < 1.29 is 9.53 Å². The lowest BCUT2D eigenvalue weighted by atomic mass is 9.73. The van der Waals surface area contributed by atoms with Crippen molar-refractivity contribution in [2.24, 2.45) is 17.8 Å². The van der Waals surface area contributed by atoms with Gasteiger partial charge in [-0.3, -0.25) is 4.79 Å². The minimum atomic E-state index is -0.146. The van der Waals surface area contributed by atoms with Crippen LogP contribution in [0.4, 0.5) is 0 Å². The molecule has 0 aromatic heterocycles. The lowest BCUT2D eigenvalue weighted by Gasteiger charge is -2.34. The summed E-state index contributed by atoms with van der Waals surface area (Å²) in [6, 6.07) is 0. The van der Waals surface area contributed by atoms with Crippen molar-refractivity contribution in [2.75, 3.05) is 0 Å². The second-order valence-electron chi connectivity index (χ2n) is 6.45. The van der Waals surface area contributed by atoms with Crippen molar-refractivity contribution in [3.05, 3.63) is 0 Å². The molecule has 0 radical (unpaired) electrons. The summed E-state index contributed by atoms with van der Waals surface area (Å²) >= 11 is 0. The van der Waals surface area contributed by atoms with E-state index in [1.807, 2.05) is 6.92 Å². The number of carbonyl (C=O) groups excluding carboxylic acids is 1. The molecule has 0 bridgehead atoms. The van der Waals surface area contributed by atoms with Gasteiger partial charge in [-0.25, -0.2) is 0 Å². The Bertz CT molecular complexity index is 254. The maximum absolute atomic E-state index is 11.0.